The number of hydrogen-bond donors (Lipinski definition) is 2. The van der Waals surface area contributed by atoms with E-state index in [9.17, 15) is 4.79 Å². The Morgan fingerprint density at radius 2 is 2.10 bits per heavy atom. The summed E-state index contributed by atoms with van der Waals surface area (Å²) in [5, 5.41) is 3.60. The van der Waals surface area contributed by atoms with Crippen molar-refractivity contribution in [2.75, 3.05) is 36.3 Å². The number of thioether (sulfide) groups is 1. The maximum Gasteiger partial charge on any atom is 0.269 e. The Bertz CT molecular complexity index is 625. The van der Waals surface area contributed by atoms with Crippen molar-refractivity contribution in [3.63, 3.8) is 0 Å². The molecule has 1 heterocycles. The van der Waals surface area contributed by atoms with Crippen LogP contribution < -0.4 is 16.0 Å². The molecule has 0 aliphatic carbocycles. The van der Waals surface area contributed by atoms with Gasteiger partial charge in [0.25, 0.3) is 5.91 Å². The Balaban J connectivity index is 2.24. The second-order valence-electron chi connectivity index (χ2n) is 4.26. The van der Waals surface area contributed by atoms with Crippen LogP contribution in [0.25, 0.3) is 0 Å². The van der Waals surface area contributed by atoms with Gasteiger partial charge in [0.05, 0.1) is 5.69 Å². The Morgan fingerprint density at radius 1 is 1.40 bits per heavy atom. The van der Waals surface area contributed by atoms with Gasteiger partial charge in [0.1, 0.15) is 10.7 Å². The van der Waals surface area contributed by atoms with Gasteiger partial charge in [-0.05, 0) is 18.4 Å². The predicted molar refractivity (Wildman–Crippen MR) is 87.0 cm³/mol. The highest BCUT2D eigenvalue weighted by molar-refractivity contribution is 7.98. The molecule has 0 saturated heterocycles. The number of nitrogen functional groups attached to an aromatic ring is 1. The molecule has 0 aliphatic rings. The van der Waals surface area contributed by atoms with Crippen LogP contribution in [0.4, 0.5) is 16.6 Å². The van der Waals surface area contributed by atoms with E-state index in [1.165, 1.54) is 11.3 Å². The highest BCUT2D eigenvalue weighted by Crippen LogP contribution is 2.29. The summed E-state index contributed by atoms with van der Waals surface area (Å²) in [4.78, 5) is 19.7. The number of nitrogens with one attached hydrogen (secondary N) is 1. The van der Waals surface area contributed by atoms with Crippen molar-refractivity contribution in [1.29, 1.82) is 0 Å². The van der Waals surface area contributed by atoms with E-state index in [1.54, 1.807) is 11.8 Å². The smallest absolute Gasteiger partial charge is 0.269 e. The molecule has 0 atom stereocenters. The molecule has 0 radical (unpaired) electrons. The van der Waals surface area contributed by atoms with Gasteiger partial charge in [-0.25, -0.2) is 4.98 Å². The fourth-order valence-corrected chi connectivity index (χ4v) is 2.96. The van der Waals surface area contributed by atoms with Gasteiger partial charge >= 0.3 is 0 Å². The number of amides is 1. The Kier molecular flexibility index (Phi) is 4.51. The third kappa shape index (κ3) is 3.05. The molecule has 2 rings (SSSR count). The van der Waals surface area contributed by atoms with Crippen LogP contribution in [0.5, 0.6) is 0 Å². The van der Waals surface area contributed by atoms with E-state index in [0.29, 0.717) is 10.0 Å². The molecular formula is C13H16N4OS2. The SMILES string of the molecule is CSc1ccccc1NC(=O)c1sc(N(C)C)nc1N. The Labute approximate surface area is 126 Å². The van der Waals surface area contributed by atoms with E-state index in [1.807, 2.05) is 49.5 Å². The lowest BCUT2D eigenvalue weighted by Crippen LogP contribution is -2.12. The first-order valence-electron chi connectivity index (χ1n) is 5.91. The Hall–Kier alpha value is -1.73. The van der Waals surface area contributed by atoms with Crippen molar-refractivity contribution in [2.24, 2.45) is 0 Å². The zero-order valence-corrected chi connectivity index (χ0v) is 13.1. The monoisotopic (exact) mass is 308 g/mol. The van der Waals surface area contributed by atoms with Crippen molar-refractivity contribution in [1.82, 2.24) is 4.98 Å². The minimum atomic E-state index is -0.227. The van der Waals surface area contributed by atoms with Crippen LogP contribution in [-0.4, -0.2) is 31.2 Å². The van der Waals surface area contributed by atoms with Gasteiger partial charge in [-0.3, -0.25) is 4.79 Å². The second kappa shape index (κ2) is 6.15. The number of carbonyl (C=O) groups is 1. The highest BCUT2D eigenvalue weighted by atomic mass is 32.2. The van der Waals surface area contributed by atoms with Crippen molar-refractivity contribution in [3.8, 4) is 0 Å². The van der Waals surface area contributed by atoms with Gasteiger partial charge < -0.3 is 16.0 Å². The zero-order chi connectivity index (χ0) is 14.7. The molecule has 2 aromatic rings. The number of aromatic nitrogens is 1. The molecule has 0 unspecified atom stereocenters. The topological polar surface area (TPSA) is 71.2 Å². The third-order valence-electron chi connectivity index (χ3n) is 2.59. The maximum atomic E-state index is 12.3. The van der Waals surface area contributed by atoms with Crippen molar-refractivity contribution >= 4 is 45.6 Å². The number of rotatable bonds is 4. The number of carbonyl (C=O) groups excluding carboxylic acids is 1. The van der Waals surface area contributed by atoms with E-state index in [-0.39, 0.29) is 11.7 Å². The molecule has 106 valence electrons. The van der Waals surface area contributed by atoms with Gasteiger partial charge in [-0.2, -0.15) is 0 Å². The van der Waals surface area contributed by atoms with Gasteiger partial charge in [0.2, 0.25) is 0 Å². The number of anilines is 3. The molecule has 1 aromatic carbocycles. The summed E-state index contributed by atoms with van der Waals surface area (Å²) in [7, 11) is 3.73. The highest BCUT2D eigenvalue weighted by Gasteiger charge is 2.18. The summed E-state index contributed by atoms with van der Waals surface area (Å²) in [6.45, 7) is 0. The fraction of sp³-hybridized carbons (Fsp3) is 0.231. The van der Waals surface area contributed by atoms with E-state index in [0.717, 1.165) is 10.6 Å². The molecule has 0 saturated carbocycles. The summed E-state index contributed by atoms with van der Waals surface area (Å²) in [6, 6.07) is 7.65. The van der Waals surface area contributed by atoms with Crippen LogP contribution in [0.3, 0.4) is 0 Å². The first-order valence-corrected chi connectivity index (χ1v) is 7.95. The largest absolute Gasteiger partial charge is 0.382 e. The minimum absolute atomic E-state index is 0.227. The minimum Gasteiger partial charge on any atom is -0.382 e. The molecule has 1 amide bonds. The van der Waals surface area contributed by atoms with Crippen LogP contribution in [0.1, 0.15) is 9.67 Å². The second-order valence-corrected chi connectivity index (χ2v) is 6.09. The van der Waals surface area contributed by atoms with Gasteiger partial charge in [0, 0.05) is 19.0 Å². The molecule has 1 aromatic heterocycles. The summed E-state index contributed by atoms with van der Waals surface area (Å²) < 4.78 is 0. The normalized spacial score (nSPS) is 10.3. The molecule has 20 heavy (non-hydrogen) atoms. The van der Waals surface area contributed by atoms with Gasteiger partial charge in [0.15, 0.2) is 5.13 Å². The van der Waals surface area contributed by atoms with E-state index < -0.39 is 0 Å². The molecule has 5 nitrogen and oxygen atoms in total. The zero-order valence-electron chi connectivity index (χ0n) is 11.5. The average molecular weight is 308 g/mol. The lowest BCUT2D eigenvalue weighted by Gasteiger charge is -2.08. The lowest BCUT2D eigenvalue weighted by molar-refractivity contribution is 0.103. The van der Waals surface area contributed by atoms with Crippen molar-refractivity contribution < 1.29 is 4.79 Å². The maximum absolute atomic E-state index is 12.3. The number of benzene rings is 1. The summed E-state index contributed by atoms with van der Waals surface area (Å²) >= 11 is 2.86. The van der Waals surface area contributed by atoms with Crippen LogP contribution in [0, 0.1) is 0 Å². The predicted octanol–water partition coefficient (Wildman–Crippen LogP) is 2.77. The van der Waals surface area contributed by atoms with Crippen LogP contribution in [-0.2, 0) is 0 Å². The third-order valence-corrected chi connectivity index (χ3v) is 4.62. The molecule has 0 fully saturated rings. The number of para-hydroxylation sites is 1. The first kappa shape index (κ1) is 14.7. The number of thiazole rings is 1. The quantitative estimate of drug-likeness (QED) is 0.850. The number of hydrogen-bond acceptors (Lipinski definition) is 6. The van der Waals surface area contributed by atoms with Crippen molar-refractivity contribution in [3.05, 3.63) is 29.1 Å². The molecule has 3 N–H and O–H groups in total. The van der Waals surface area contributed by atoms with Crippen LogP contribution in [0.15, 0.2) is 29.2 Å². The van der Waals surface area contributed by atoms with E-state index >= 15 is 0 Å². The van der Waals surface area contributed by atoms with Crippen LogP contribution >= 0.6 is 23.1 Å². The summed E-state index contributed by atoms with van der Waals surface area (Å²) in [6.07, 6.45) is 1.97. The molecule has 0 aliphatic heterocycles. The van der Waals surface area contributed by atoms with Gasteiger partial charge in [-0.15, -0.1) is 11.8 Å². The first-order chi connectivity index (χ1) is 9.52. The lowest BCUT2D eigenvalue weighted by atomic mass is 10.3. The molecule has 0 spiro atoms. The van der Waals surface area contributed by atoms with E-state index in [2.05, 4.69) is 10.3 Å². The van der Waals surface area contributed by atoms with Crippen molar-refractivity contribution in [2.45, 2.75) is 4.90 Å². The standard InChI is InChI=1S/C13H16N4OS2/c1-17(2)13-16-11(14)10(20-13)12(18)15-8-6-4-5-7-9(8)19-3/h4-7H,14H2,1-3H3,(H,15,18). The van der Waals surface area contributed by atoms with Crippen LogP contribution in [0.2, 0.25) is 0 Å². The number of nitrogens with zero attached hydrogens (tertiary/aromatic N) is 2. The van der Waals surface area contributed by atoms with Gasteiger partial charge in [-0.1, -0.05) is 23.5 Å². The summed E-state index contributed by atoms with van der Waals surface area (Å²) in [5.41, 5.74) is 6.59. The fourth-order valence-electron chi connectivity index (χ4n) is 1.60. The average Bonchev–Trinajstić information content (AvgIpc) is 2.82. The Morgan fingerprint density at radius 3 is 2.70 bits per heavy atom. The molecule has 0 bridgehead atoms. The summed E-state index contributed by atoms with van der Waals surface area (Å²) in [5.74, 6) is 0.0347. The molecule has 7 heteroatoms. The number of nitrogens with two attached hydrogens (primary N) is 1. The van der Waals surface area contributed by atoms with E-state index in [4.69, 9.17) is 5.73 Å². The molecular weight excluding hydrogens is 292 g/mol.